The molecule has 1 aromatic heterocycles. The highest BCUT2D eigenvalue weighted by atomic mass is 32.1. The lowest BCUT2D eigenvalue weighted by Crippen LogP contribution is -2.26. The summed E-state index contributed by atoms with van der Waals surface area (Å²) in [5, 5.41) is 3.72. The van der Waals surface area contributed by atoms with Crippen molar-refractivity contribution < 1.29 is 4.79 Å². The van der Waals surface area contributed by atoms with E-state index in [-0.39, 0.29) is 5.91 Å². The number of rotatable bonds is 1. The number of amides is 1. The lowest BCUT2D eigenvalue weighted by atomic mass is 9.85. The standard InChI is InChI=1S/C14H14N2OS/c1-14(2)9-7-8(11-5-6-12(15)18-11)3-4-10(9)16-13(14)17/h3-7H,15H2,1-2H3,(H,16,17). The van der Waals surface area contributed by atoms with Crippen LogP contribution in [0.5, 0.6) is 0 Å². The predicted octanol–water partition coefficient (Wildman–Crippen LogP) is 3.23. The van der Waals surface area contributed by atoms with Crippen LogP contribution >= 0.6 is 11.3 Å². The predicted molar refractivity (Wildman–Crippen MR) is 75.8 cm³/mol. The number of carbonyl (C=O) groups is 1. The van der Waals surface area contributed by atoms with Gasteiger partial charge in [-0.2, -0.15) is 0 Å². The van der Waals surface area contributed by atoms with E-state index in [1.165, 1.54) is 0 Å². The molecule has 3 N–H and O–H groups in total. The van der Waals surface area contributed by atoms with Gasteiger partial charge in [0.25, 0.3) is 0 Å². The second kappa shape index (κ2) is 3.59. The van der Waals surface area contributed by atoms with Gasteiger partial charge in [-0.05, 0) is 49.2 Å². The lowest BCUT2D eigenvalue weighted by Gasteiger charge is -2.15. The molecule has 1 aliphatic rings. The molecule has 0 saturated carbocycles. The van der Waals surface area contributed by atoms with Crippen molar-refractivity contribution >= 4 is 27.9 Å². The highest BCUT2D eigenvalue weighted by molar-refractivity contribution is 7.19. The van der Waals surface area contributed by atoms with Crippen LogP contribution in [0.25, 0.3) is 10.4 Å². The van der Waals surface area contributed by atoms with Crippen molar-refractivity contribution in [3.8, 4) is 10.4 Å². The monoisotopic (exact) mass is 258 g/mol. The Hall–Kier alpha value is -1.81. The van der Waals surface area contributed by atoms with E-state index in [0.29, 0.717) is 0 Å². The fraction of sp³-hybridized carbons (Fsp3) is 0.214. The molecule has 0 aliphatic carbocycles. The van der Waals surface area contributed by atoms with Crippen molar-refractivity contribution in [2.45, 2.75) is 19.3 Å². The van der Waals surface area contributed by atoms with Crippen LogP contribution in [0.1, 0.15) is 19.4 Å². The van der Waals surface area contributed by atoms with Crippen molar-refractivity contribution in [3.63, 3.8) is 0 Å². The Balaban J connectivity index is 2.13. The molecule has 0 fully saturated rings. The Morgan fingerprint density at radius 3 is 2.67 bits per heavy atom. The first-order valence-corrected chi connectivity index (χ1v) is 6.62. The van der Waals surface area contributed by atoms with Crippen molar-refractivity contribution in [2.24, 2.45) is 0 Å². The average Bonchev–Trinajstić information content (AvgIpc) is 2.83. The first kappa shape index (κ1) is 11.3. The third-order valence-electron chi connectivity index (χ3n) is 3.42. The van der Waals surface area contributed by atoms with Crippen LogP contribution in [-0.4, -0.2) is 5.91 Å². The van der Waals surface area contributed by atoms with Crippen LogP contribution in [-0.2, 0) is 10.2 Å². The quantitative estimate of drug-likeness (QED) is 0.825. The van der Waals surface area contributed by atoms with Crippen molar-refractivity contribution in [2.75, 3.05) is 11.1 Å². The van der Waals surface area contributed by atoms with E-state index in [0.717, 1.165) is 26.7 Å². The van der Waals surface area contributed by atoms with Gasteiger partial charge in [0.1, 0.15) is 0 Å². The molecule has 0 radical (unpaired) electrons. The van der Waals surface area contributed by atoms with Gasteiger partial charge < -0.3 is 11.1 Å². The minimum atomic E-state index is -0.464. The number of fused-ring (bicyclic) bond motifs is 1. The summed E-state index contributed by atoms with van der Waals surface area (Å²) in [7, 11) is 0. The van der Waals surface area contributed by atoms with Crippen LogP contribution in [0.4, 0.5) is 10.7 Å². The topological polar surface area (TPSA) is 55.1 Å². The summed E-state index contributed by atoms with van der Waals surface area (Å²) in [6, 6.07) is 9.98. The molecule has 18 heavy (non-hydrogen) atoms. The number of benzene rings is 1. The molecular weight excluding hydrogens is 244 g/mol. The van der Waals surface area contributed by atoms with E-state index in [1.807, 2.05) is 38.1 Å². The maximum absolute atomic E-state index is 11.9. The zero-order valence-electron chi connectivity index (χ0n) is 10.3. The molecule has 1 aliphatic heterocycles. The van der Waals surface area contributed by atoms with Gasteiger partial charge in [0, 0.05) is 10.6 Å². The average molecular weight is 258 g/mol. The molecule has 2 heterocycles. The normalized spacial score (nSPS) is 16.4. The molecule has 0 saturated heterocycles. The molecule has 1 aromatic carbocycles. The van der Waals surface area contributed by atoms with E-state index in [2.05, 4.69) is 11.4 Å². The Bertz CT molecular complexity index is 643. The molecule has 0 bridgehead atoms. The molecule has 92 valence electrons. The van der Waals surface area contributed by atoms with Crippen LogP contribution in [0.2, 0.25) is 0 Å². The highest BCUT2D eigenvalue weighted by Gasteiger charge is 2.38. The molecule has 0 atom stereocenters. The lowest BCUT2D eigenvalue weighted by molar-refractivity contribution is -0.119. The van der Waals surface area contributed by atoms with Gasteiger partial charge >= 0.3 is 0 Å². The van der Waals surface area contributed by atoms with Gasteiger partial charge in [0.05, 0.1) is 10.4 Å². The van der Waals surface area contributed by atoms with Crippen molar-refractivity contribution in [1.29, 1.82) is 0 Å². The van der Waals surface area contributed by atoms with E-state index < -0.39 is 5.41 Å². The maximum Gasteiger partial charge on any atom is 0.234 e. The summed E-state index contributed by atoms with van der Waals surface area (Å²) in [4.78, 5) is 13.0. The fourth-order valence-electron chi connectivity index (χ4n) is 2.23. The zero-order chi connectivity index (χ0) is 12.9. The number of hydrogen-bond acceptors (Lipinski definition) is 3. The van der Waals surface area contributed by atoms with Crippen molar-refractivity contribution in [3.05, 3.63) is 35.9 Å². The van der Waals surface area contributed by atoms with E-state index in [1.54, 1.807) is 11.3 Å². The minimum Gasteiger partial charge on any atom is -0.391 e. The molecule has 0 unspecified atom stereocenters. The van der Waals surface area contributed by atoms with E-state index in [9.17, 15) is 4.79 Å². The number of thiophene rings is 1. The summed E-state index contributed by atoms with van der Waals surface area (Å²) in [6.45, 7) is 3.89. The van der Waals surface area contributed by atoms with Gasteiger partial charge in [0.2, 0.25) is 5.91 Å². The second-order valence-corrected chi connectivity index (χ2v) is 6.16. The van der Waals surface area contributed by atoms with E-state index >= 15 is 0 Å². The molecule has 3 nitrogen and oxygen atoms in total. The molecule has 2 aromatic rings. The molecule has 0 spiro atoms. The number of nitrogens with one attached hydrogen (secondary N) is 1. The zero-order valence-corrected chi connectivity index (χ0v) is 11.1. The molecule has 3 rings (SSSR count). The summed E-state index contributed by atoms with van der Waals surface area (Å²) in [5.41, 5.74) is 8.37. The number of nitrogens with two attached hydrogens (primary N) is 1. The third kappa shape index (κ3) is 1.53. The Morgan fingerprint density at radius 2 is 2.00 bits per heavy atom. The van der Waals surface area contributed by atoms with Crippen molar-refractivity contribution in [1.82, 2.24) is 0 Å². The number of anilines is 2. The fourth-order valence-corrected chi connectivity index (χ4v) is 3.00. The van der Waals surface area contributed by atoms with Gasteiger partial charge in [0.15, 0.2) is 0 Å². The first-order valence-electron chi connectivity index (χ1n) is 5.80. The molecule has 4 heteroatoms. The second-order valence-electron chi connectivity index (χ2n) is 5.04. The van der Waals surface area contributed by atoms with Crippen LogP contribution in [0, 0.1) is 0 Å². The van der Waals surface area contributed by atoms with E-state index in [4.69, 9.17) is 5.73 Å². The van der Waals surface area contributed by atoms with Gasteiger partial charge in [-0.3, -0.25) is 4.79 Å². The molecule has 1 amide bonds. The van der Waals surface area contributed by atoms with Gasteiger partial charge in [-0.25, -0.2) is 0 Å². The minimum absolute atomic E-state index is 0.0559. The SMILES string of the molecule is CC1(C)C(=O)Nc2ccc(-c3ccc(N)s3)cc21. The highest BCUT2D eigenvalue weighted by Crippen LogP contribution is 2.40. The number of nitrogen functional groups attached to an aromatic ring is 1. The van der Waals surface area contributed by atoms with Gasteiger partial charge in [-0.1, -0.05) is 6.07 Å². The summed E-state index contributed by atoms with van der Waals surface area (Å²) in [6.07, 6.45) is 0. The summed E-state index contributed by atoms with van der Waals surface area (Å²) in [5.74, 6) is 0.0559. The first-order chi connectivity index (χ1) is 8.48. The Labute approximate surface area is 110 Å². The summed E-state index contributed by atoms with van der Waals surface area (Å²) >= 11 is 1.56. The summed E-state index contributed by atoms with van der Waals surface area (Å²) < 4.78 is 0. The van der Waals surface area contributed by atoms with Crippen LogP contribution in [0.15, 0.2) is 30.3 Å². The maximum atomic E-state index is 11.9. The Kier molecular flexibility index (Phi) is 2.25. The third-order valence-corrected chi connectivity index (χ3v) is 4.38. The van der Waals surface area contributed by atoms with Gasteiger partial charge in [-0.15, -0.1) is 11.3 Å². The molecular formula is C14H14N2OS. The smallest absolute Gasteiger partial charge is 0.234 e. The Morgan fingerprint density at radius 1 is 1.22 bits per heavy atom. The van der Waals surface area contributed by atoms with Crippen LogP contribution < -0.4 is 11.1 Å². The largest absolute Gasteiger partial charge is 0.391 e. The number of hydrogen-bond donors (Lipinski definition) is 2. The number of carbonyl (C=O) groups excluding carboxylic acids is 1. The van der Waals surface area contributed by atoms with Crippen LogP contribution in [0.3, 0.4) is 0 Å².